The molecule has 0 N–H and O–H groups in total. The quantitative estimate of drug-likeness (QED) is 0.361. The summed E-state index contributed by atoms with van der Waals surface area (Å²) in [6.45, 7) is 6.03. The van der Waals surface area contributed by atoms with Gasteiger partial charge in [-0.3, -0.25) is 19.4 Å². The molecule has 0 unspecified atom stereocenters. The van der Waals surface area contributed by atoms with Crippen molar-refractivity contribution in [1.29, 1.82) is 0 Å². The molecular formula is C19H25NO6. The molecule has 0 saturated heterocycles. The fourth-order valence-corrected chi connectivity index (χ4v) is 2.15. The van der Waals surface area contributed by atoms with Crippen LogP contribution in [0, 0.1) is 0 Å². The van der Waals surface area contributed by atoms with Gasteiger partial charge in [0.15, 0.2) is 0 Å². The minimum Gasteiger partial charge on any atom is -0.466 e. The van der Waals surface area contributed by atoms with E-state index in [1.54, 1.807) is 45.0 Å². The Labute approximate surface area is 153 Å². The van der Waals surface area contributed by atoms with Crippen molar-refractivity contribution in [3.63, 3.8) is 0 Å². The van der Waals surface area contributed by atoms with E-state index in [1.807, 2.05) is 0 Å². The number of carbonyl (C=O) groups is 3. The van der Waals surface area contributed by atoms with Gasteiger partial charge < -0.3 is 14.2 Å². The third-order valence-corrected chi connectivity index (χ3v) is 3.18. The molecule has 0 aliphatic rings. The molecule has 0 spiro atoms. The minimum atomic E-state index is -0.450. The van der Waals surface area contributed by atoms with Crippen molar-refractivity contribution in [3.8, 4) is 0 Å². The monoisotopic (exact) mass is 363 g/mol. The van der Waals surface area contributed by atoms with E-state index in [4.69, 9.17) is 14.2 Å². The zero-order valence-corrected chi connectivity index (χ0v) is 15.4. The lowest BCUT2D eigenvalue weighted by Crippen LogP contribution is -2.16. The van der Waals surface area contributed by atoms with Gasteiger partial charge in [-0.1, -0.05) is 12.1 Å². The maximum absolute atomic E-state index is 11.7. The first-order valence-electron chi connectivity index (χ1n) is 8.60. The van der Waals surface area contributed by atoms with Crippen LogP contribution in [0.5, 0.6) is 0 Å². The molecule has 0 saturated carbocycles. The number of ether oxygens (including phenoxy) is 3. The highest BCUT2D eigenvalue weighted by Gasteiger charge is 2.14. The van der Waals surface area contributed by atoms with Crippen LogP contribution in [0.3, 0.4) is 0 Å². The minimum absolute atomic E-state index is 0.0861. The van der Waals surface area contributed by atoms with E-state index in [1.165, 1.54) is 0 Å². The number of benzene rings is 1. The van der Waals surface area contributed by atoms with Crippen LogP contribution >= 0.6 is 0 Å². The summed E-state index contributed by atoms with van der Waals surface area (Å²) < 4.78 is 14.7. The first-order valence-corrected chi connectivity index (χ1v) is 8.60. The van der Waals surface area contributed by atoms with E-state index in [0.29, 0.717) is 18.0 Å². The number of hydrogen-bond acceptors (Lipinski definition) is 7. The molecule has 0 aromatic heterocycles. The van der Waals surface area contributed by atoms with E-state index in [-0.39, 0.29) is 38.4 Å². The third kappa shape index (κ3) is 8.41. The number of rotatable bonds is 10. The Kier molecular flexibility index (Phi) is 9.67. The molecule has 0 fully saturated rings. The predicted octanol–water partition coefficient (Wildman–Crippen LogP) is 2.77. The average Bonchev–Trinajstić information content (AvgIpc) is 2.57. The molecule has 1 aromatic carbocycles. The topological polar surface area (TPSA) is 91.3 Å². The Balaban J connectivity index is 2.86. The van der Waals surface area contributed by atoms with Crippen LogP contribution in [0.15, 0.2) is 29.3 Å². The fraction of sp³-hybridized carbons (Fsp3) is 0.474. The molecule has 0 aliphatic heterocycles. The van der Waals surface area contributed by atoms with Gasteiger partial charge in [-0.05, 0) is 38.5 Å². The number of hydrogen-bond donors (Lipinski definition) is 0. The van der Waals surface area contributed by atoms with Gasteiger partial charge in [0.2, 0.25) is 0 Å². The Morgan fingerprint density at radius 1 is 0.769 bits per heavy atom. The summed E-state index contributed by atoms with van der Waals surface area (Å²) in [5, 5.41) is 0. The van der Waals surface area contributed by atoms with E-state index >= 15 is 0 Å². The normalized spacial score (nSPS) is 9.96. The maximum Gasteiger partial charge on any atom is 0.311 e. The van der Waals surface area contributed by atoms with Crippen LogP contribution in [0.2, 0.25) is 0 Å². The van der Waals surface area contributed by atoms with E-state index in [2.05, 4.69) is 4.99 Å². The van der Waals surface area contributed by atoms with E-state index in [9.17, 15) is 14.4 Å². The summed E-state index contributed by atoms with van der Waals surface area (Å²) in [5.74, 6) is -1.20. The largest absolute Gasteiger partial charge is 0.466 e. The second-order valence-electron chi connectivity index (χ2n) is 5.29. The van der Waals surface area contributed by atoms with E-state index < -0.39 is 11.9 Å². The van der Waals surface area contributed by atoms with Crippen LogP contribution < -0.4 is 0 Å². The first kappa shape index (κ1) is 21.3. The molecule has 1 rings (SSSR count). The lowest BCUT2D eigenvalue weighted by atomic mass is 10.1. The first-order chi connectivity index (χ1) is 12.5. The van der Waals surface area contributed by atoms with Gasteiger partial charge in [-0.25, -0.2) is 0 Å². The molecule has 0 aliphatic carbocycles. The molecule has 7 heteroatoms. The van der Waals surface area contributed by atoms with Gasteiger partial charge in [0.05, 0.1) is 44.8 Å². The molecule has 0 atom stereocenters. The molecule has 142 valence electrons. The lowest BCUT2D eigenvalue weighted by Gasteiger charge is -2.07. The summed E-state index contributed by atoms with van der Waals surface area (Å²) >= 11 is 0. The highest BCUT2D eigenvalue weighted by Crippen LogP contribution is 2.16. The molecule has 1 aromatic rings. The summed E-state index contributed by atoms with van der Waals surface area (Å²) in [6, 6.07) is 6.93. The number of carbonyl (C=O) groups excluding carboxylic acids is 3. The van der Waals surface area contributed by atoms with Crippen molar-refractivity contribution in [2.45, 2.75) is 40.0 Å². The number of esters is 3. The average molecular weight is 363 g/mol. The van der Waals surface area contributed by atoms with Gasteiger partial charge in [-0.15, -0.1) is 0 Å². The van der Waals surface area contributed by atoms with Gasteiger partial charge in [0.25, 0.3) is 0 Å². The van der Waals surface area contributed by atoms with Crippen LogP contribution in [-0.4, -0.2) is 43.4 Å². The van der Waals surface area contributed by atoms with Crippen LogP contribution in [0.1, 0.15) is 39.2 Å². The van der Waals surface area contributed by atoms with Gasteiger partial charge in [0.1, 0.15) is 0 Å². The Bertz CT molecular complexity index is 614. The number of nitrogens with zero attached hydrogens (tertiary/aromatic N) is 1. The summed E-state index contributed by atoms with van der Waals surface area (Å²) in [7, 11) is 0. The van der Waals surface area contributed by atoms with Crippen molar-refractivity contribution < 1.29 is 28.6 Å². The van der Waals surface area contributed by atoms with Gasteiger partial charge >= 0.3 is 17.9 Å². The molecule has 0 heterocycles. The molecule has 0 bridgehead atoms. The maximum atomic E-state index is 11.7. The molecule has 7 nitrogen and oxygen atoms in total. The van der Waals surface area contributed by atoms with Crippen molar-refractivity contribution in [2.75, 3.05) is 19.8 Å². The summed E-state index contributed by atoms with van der Waals surface area (Å²) in [6.07, 6.45) is 0.00477. The van der Waals surface area contributed by atoms with Crippen LogP contribution in [-0.2, 0) is 35.0 Å². The van der Waals surface area contributed by atoms with Crippen molar-refractivity contribution in [3.05, 3.63) is 29.8 Å². The van der Waals surface area contributed by atoms with E-state index in [0.717, 1.165) is 5.56 Å². The number of aliphatic imine (C=N–C) groups is 1. The Morgan fingerprint density at radius 3 is 1.69 bits per heavy atom. The zero-order valence-electron chi connectivity index (χ0n) is 15.4. The molecule has 26 heavy (non-hydrogen) atoms. The third-order valence-electron chi connectivity index (χ3n) is 3.18. The Hall–Kier alpha value is -2.70. The zero-order chi connectivity index (χ0) is 19.4. The fourth-order valence-electron chi connectivity index (χ4n) is 2.15. The van der Waals surface area contributed by atoms with Crippen molar-refractivity contribution in [1.82, 2.24) is 0 Å². The van der Waals surface area contributed by atoms with Crippen LogP contribution in [0.25, 0.3) is 0 Å². The van der Waals surface area contributed by atoms with Crippen molar-refractivity contribution in [2.24, 2.45) is 4.99 Å². The smallest absolute Gasteiger partial charge is 0.311 e. The second kappa shape index (κ2) is 11.8. The SMILES string of the molecule is CCOC(=O)CC(CC(=O)OCC)=Nc1ccc(CC(=O)OCC)cc1. The Morgan fingerprint density at radius 2 is 1.23 bits per heavy atom. The standard InChI is InChI=1S/C19H25NO6/c1-4-24-17(21)11-14-7-9-15(10-8-14)20-16(12-18(22)25-5-2)13-19(23)26-6-3/h7-10H,4-6,11-13H2,1-3H3. The lowest BCUT2D eigenvalue weighted by molar-refractivity contribution is -0.143. The summed E-state index contributed by atoms with van der Waals surface area (Å²) in [4.78, 5) is 39.3. The van der Waals surface area contributed by atoms with Gasteiger partial charge in [0, 0.05) is 5.71 Å². The van der Waals surface area contributed by atoms with Crippen LogP contribution in [0.4, 0.5) is 5.69 Å². The highest BCUT2D eigenvalue weighted by atomic mass is 16.5. The molecular weight excluding hydrogens is 338 g/mol. The summed E-state index contributed by atoms with van der Waals surface area (Å²) in [5.41, 5.74) is 1.72. The van der Waals surface area contributed by atoms with Gasteiger partial charge in [-0.2, -0.15) is 0 Å². The molecule has 0 amide bonds. The highest BCUT2D eigenvalue weighted by molar-refractivity contribution is 6.07. The molecule has 0 radical (unpaired) electrons. The second-order valence-corrected chi connectivity index (χ2v) is 5.29. The van der Waals surface area contributed by atoms with Crippen molar-refractivity contribution >= 4 is 29.3 Å². The predicted molar refractivity (Wildman–Crippen MR) is 96.4 cm³/mol.